The summed E-state index contributed by atoms with van der Waals surface area (Å²) in [6.07, 6.45) is 1.62. The second kappa shape index (κ2) is 2.35. The molecule has 1 rings (SSSR count). The minimum absolute atomic E-state index is 0.730. The lowest BCUT2D eigenvalue weighted by molar-refractivity contribution is 0.209. The number of oxime groups is 1. The Kier molecular flexibility index (Phi) is 1.87. The van der Waals surface area contributed by atoms with Crippen LogP contribution in [0, 0.1) is 0 Å². The lowest BCUT2D eigenvalue weighted by Gasteiger charge is -2.29. The molecule has 0 heterocycles. The first-order valence-corrected chi connectivity index (χ1v) is 3.41. The summed E-state index contributed by atoms with van der Waals surface area (Å²) in [5.74, 6) is 0. The molecule has 0 aromatic rings. The molecule has 0 unspecified atom stereocenters. The maximum absolute atomic E-state index is 5.70. The van der Waals surface area contributed by atoms with Gasteiger partial charge in [-0.05, 0) is 12.8 Å². The molecule has 0 N–H and O–H groups in total. The largest absolute Gasteiger partial charge is 0.399 e. The van der Waals surface area contributed by atoms with Crippen molar-refractivity contribution in [1.82, 2.24) is 0 Å². The van der Waals surface area contributed by atoms with Gasteiger partial charge in [0, 0.05) is 0 Å². The molecular weight excluding hydrogens is 161 g/mol. The smallest absolute Gasteiger partial charge is 0.159 e. The Bertz CT molecular complexity index is 144. The molecule has 52 valence electrons. The Labute approximate surface area is 63.8 Å². The third-order valence-electron chi connectivity index (χ3n) is 1.30. The van der Waals surface area contributed by atoms with Crippen LogP contribution in [0.25, 0.3) is 0 Å². The van der Waals surface area contributed by atoms with Crippen LogP contribution in [0.5, 0.6) is 0 Å². The Morgan fingerprint density at radius 2 is 2.33 bits per heavy atom. The quantitative estimate of drug-likeness (QED) is 0.433. The molecule has 0 radical (unpaired) electrons. The zero-order chi connectivity index (χ0) is 6.91. The van der Waals surface area contributed by atoms with E-state index in [4.69, 9.17) is 23.2 Å². The number of hydrogen-bond acceptors (Lipinski definition) is 2. The molecule has 9 heavy (non-hydrogen) atoms. The first-order chi connectivity index (χ1) is 4.17. The number of halogens is 2. The summed E-state index contributed by atoms with van der Waals surface area (Å²) in [6, 6.07) is 0. The topological polar surface area (TPSA) is 21.6 Å². The second-order valence-corrected chi connectivity index (χ2v) is 3.41. The molecule has 1 aliphatic rings. The van der Waals surface area contributed by atoms with E-state index in [2.05, 4.69) is 9.99 Å². The van der Waals surface area contributed by atoms with Gasteiger partial charge < -0.3 is 4.84 Å². The molecule has 1 saturated carbocycles. The van der Waals surface area contributed by atoms with Crippen molar-refractivity contribution in [3.8, 4) is 0 Å². The van der Waals surface area contributed by atoms with Gasteiger partial charge in [-0.1, -0.05) is 28.4 Å². The summed E-state index contributed by atoms with van der Waals surface area (Å²) >= 11 is 11.4. The molecule has 4 heteroatoms. The van der Waals surface area contributed by atoms with Crippen LogP contribution in [-0.2, 0) is 4.84 Å². The first kappa shape index (κ1) is 7.16. The Morgan fingerprint density at radius 3 is 2.44 bits per heavy atom. The Morgan fingerprint density at radius 1 is 1.67 bits per heavy atom. The average molecular weight is 168 g/mol. The summed E-state index contributed by atoms with van der Waals surface area (Å²) in [5, 5.41) is 3.64. The zero-order valence-electron chi connectivity index (χ0n) is 5.03. The highest BCUT2D eigenvalue weighted by molar-refractivity contribution is 6.60. The minimum Gasteiger partial charge on any atom is -0.399 e. The van der Waals surface area contributed by atoms with E-state index in [0.717, 1.165) is 18.6 Å². The predicted molar refractivity (Wildman–Crippen MR) is 38.1 cm³/mol. The van der Waals surface area contributed by atoms with E-state index in [-0.39, 0.29) is 0 Å². The second-order valence-electron chi connectivity index (χ2n) is 1.93. The molecule has 0 saturated heterocycles. The fourth-order valence-corrected chi connectivity index (χ4v) is 1.10. The number of hydrogen-bond donors (Lipinski definition) is 0. The van der Waals surface area contributed by atoms with Gasteiger partial charge in [0.15, 0.2) is 4.33 Å². The molecular formula is C5H7Cl2NO. The molecule has 0 aromatic heterocycles. The van der Waals surface area contributed by atoms with Gasteiger partial charge in [0.2, 0.25) is 0 Å². The summed E-state index contributed by atoms with van der Waals surface area (Å²) < 4.78 is -0.740. The van der Waals surface area contributed by atoms with Gasteiger partial charge in [-0.2, -0.15) is 0 Å². The summed E-state index contributed by atoms with van der Waals surface area (Å²) in [6.45, 7) is 0. The van der Waals surface area contributed by atoms with Crippen LogP contribution >= 0.6 is 23.2 Å². The predicted octanol–water partition coefficient (Wildman–Crippen LogP) is 1.96. The molecule has 0 aliphatic heterocycles. The molecule has 1 fully saturated rings. The van der Waals surface area contributed by atoms with Crippen molar-refractivity contribution >= 4 is 28.9 Å². The van der Waals surface area contributed by atoms with E-state index < -0.39 is 4.33 Å². The van der Waals surface area contributed by atoms with Gasteiger partial charge >= 0.3 is 0 Å². The average Bonchev–Trinajstić information content (AvgIpc) is 1.81. The van der Waals surface area contributed by atoms with Gasteiger partial charge in [-0.25, -0.2) is 0 Å². The summed E-state index contributed by atoms with van der Waals surface area (Å²) in [7, 11) is 1.48. The van der Waals surface area contributed by atoms with Crippen molar-refractivity contribution in [2.45, 2.75) is 17.2 Å². The van der Waals surface area contributed by atoms with E-state index in [0.29, 0.717) is 0 Å². The maximum Gasteiger partial charge on any atom is 0.159 e. The van der Waals surface area contributed by atoms with E-state index in [1.54, 1.807) is 0 Å². The molecule has 0 bridgehead atoms. The van der Waals surface area contributed by atoms with Gasteiger partial charge in [-0.3, -0.25) is 0 Å². The van der Waals surface area contributed by atoms with Crippen molar-refractivity contribution in [2.24, 2.45) is 5.16 Å². The Balaban J connectivity index is 2.55. The van der Waals surface area contributed by atoms with Crippen molar-refractivity contribution in [1.29, 1.82) is 0 Å². The van der Waals surface area contributed by atoms with Gasteiger partial charge in [0.05, 0.1) is 5.71 Å². The molecule has 1 aliphatic carbocycles. The van der Waals surface area contributed by atoms with Gasteiger partial charge in [-0.15, -0.1) is 0 Å². The van der Waals surface area contributed by atoms with Crippen LogP contribution in [0.1, 0.15) is 12.8 Å². The van der Waals surface area contributed by atoms with Crippen LogP contribution in [-0.4, -0.2) is 17.2 Å². The van der Waals surface area contributed by atoms with E-state index in [1.807, 2.05) is 0 Å². The highest BCUT2D eigenvalue weighted by atomic mass is 35.5. The van der Waals surface area contributed by atoms with Crippen molar-refractivity contribution < 1.29 is 4.84 Å². The minimum atomic E-state index is -0.740. The molecule has 2 nitrogen and oxygen atoms in total. The van der Waals surface area contributed by atoms with E-state index in [9.17, 15) is 0 Å². The van der Waals surface area contributed by atoms with Gasteiger partial charge in [0.25, 0.3) is 0 Å². The molecule has 0 amide bonds. The third kappa shape index (κ3) is 1.30. The van der Waals surface area contributed by atoms with E-state index >= 15 is 0 Å². The van der Waals surface area contributed by atoms with Crippen LogP contribution in [0.4, 0.5) is 0 Å². The van der Waals surface area contributed by atoms with E-state index in [1.165, 1.54) is 7.11 Å². The lowest BCUT2D eigenvalue weighted by atomic mass is 9.96. The highest BCUT2D eigenvalue weighted by Crippen LogP contribution is 2.39. The lowest BCUT2D eigenvalue weighted by Crippen LogP contribution is -2.37. The first-order valence-electron chi connectivity index (χ1n) is 2.65. The SMILES string of the molecule is CON=C1CCC1(Cl)Cl. The fourth-order valence-electron chi connectivity index (χ4n) is 0.648. The molecule has 0 aromatic carbocycles. The van der Waals surface area contributed by atoms with Crippen molar-refractivity contribution in [3.05, 3.63) is 0 Å². The van der Waals surface area contributed by atoms with Crippen LogP contribution in [0.3, 0.4) is 0 Å². The van der Waals surface area contributed by atoms with Crippen LogP contribution in [0.15, 0.2) is 5.16 Å². The van der Waals surface area contributed by atoms with Gasteiger partial charge in [0.1, 0.15) is 7.11 Å². The normalized spacial score (nSPS) is 27.7. The maximum atomic E-state index is 5.70. The zero-order valence-corrected chi connectivity index (χ0v) is 6.54. The van der Waals surface area contributed by atoms with Crippen LogP contribution < -0.4 is 0 Å². The van der Waals surface area contributed by atoms with Crippen LogP contribution in [0.2, 0.25) is 0 Å². The Hall–Kier alpha value is 0.0500. The van der Waals surface area contributed by atoms with Crippen molar-refractivity contribution in [3.63, 3.8) is 0 Å². The molecule has 0 atom stereocenters. The number of alkyl halides is 2. The number of nitrogens with zero attached hydrogens (tertiary/aromatic N) is 1. The standard InChI is InChI=1S/C5H7Cl2NO/c1-9-8-4-2-3-5(4,6)7/h2-3H2,1H3. The fraction of sp³-hybridized carbons (Fsp3) is 0.800. The third-order valence-corrected chi connectivity index (χ3v) is 2.11. The highest BCUT2D eigenvalue weighted by Gasteiger charge is 2.40. The summed E-state index contributed by atoms with van der Waals surface area (Å²) in [4.78, 5) is 4.50. The number of rotatable bonds is 1. The van der Waals surface area contributed by atoms with Crippen molar-refractivity contribution in [2.75, 3.05) is 7.11 Å². The monoisotopic (exact) mass is 167 g/mol. The molecule has 0 spiro atoms. The summed E-state index contributed by atoms with van der Waals surface area (Å²) in [5.41, 5.74) is 0.730.